The second kappa shape index (κ2) is 9.71. The fourth-order valence-corrected chi connectivity index (χ4v) is 3.19. The summed E-state index contributed by atoms with van der Waals surface area (Å²) in [5.41, 5.74) is 1.76. The Kier molecular flexibility index (Phi) is 6.81. The van der Waals surface area contributed by atoms with Crippen LogP contribution in [-0.4, -0.2) is 35.1 Å². The van der Waals surface area contributed by atoms with Crippen LogP contribution in [0.25, 0.3) is 17.0 Å². The van der Waals surface area contributed by atoms with Crippen LogP contribution in [0.1, 0.15) is 25.5 Å². The number of hydrogen-bond donors (Lipinski definition) is 2. The summed E-state index contributed by atoms with van der Waals surface area (Å²) in [6.07, 6.45) is 2.91. The topological polar surface area (TPSA) is 105 Å². The molecule has 0 aliphatic carbocycles. The smallest absolute Gasteiger partial charge is 0.283 e. The minimum absolute atomic E-state index is 0.00105. The van der Waals surface area contributed by atoms with E-state index < -0.39 is 11.8 Å². The van der Waals surface area contributed by atoms with Gasteiger partial charge in [-0.3, -0.25) is 9.59 Å². The Balaban J connectivity index is 1.66. The summed E-state index contributed by atoms with van der Waals surface area (Å²) in [5, 5.41) is 21.3. The molecule has 0 bridgehead atoms. The Morgan fingerprint density at radius 1 is 1.16 bits per heavy atom. The normalized spacial score (nSPS) is 11.6. The average Bonchev–Trinajstić information content (AvgIpc) is 3.06. The monoisotopic (exact) mass is 420 g/mol. The standard InChI is InChI=1S/C23H24N4O4/c1-15(2)27-18-10-6-5-9-17(18)22(23(27)30)26-25-21(29)14-24-20(28)13-12-16-8-4-7-11-19(16)31-3/h4-13,15,30H,14H2,1-3H3,(H,24,28). The lowest BCUT2D eigenvalue weighted by Gasteiger charge is -2.10. The highest BCUT2D eigenvalue weighted by molar-refractivity contribution is 5.96. The second-order valence-corrected chi connectivity index (χ2v) is 7.04. The van der Waals surface area contributed by atoms with Crippen molar-refractivity contribution in [1.29, 1.82) is 0 Å². The SMILES string of the molecule is COc1ccccc1C=CC(=O)NCC(=O)N=Nc1c(O)n(C(C)C)c2ccccc12. The first-order chi connectivity index (χ1) is 14.9. The number of ether oxygens (including phenoxy) is 1. The van der Waals surface area contributed by atoms with Crippen LogP contribution < -0.4 is 10.1 Å². The van der Waals surface area contributed by atoms with Crippen molar-refractivity contribution in [2.75, 3.05) is 13.7 Å². The van der Waals surface area contributed by atoms with E-state index in [9.17, 15) is 14.7 Å². The maximum atomic E-state index is 12.1. The molecule has 8 heteroatoms. The Bertz CT molecular complexity index is 1160. The number of carbonyl (C=O) groups is 2. The molecule has 0 saturated heterocycles. The lowest BCUT2D eigenvalue weighted by atomic mass is 10.2. The van der Waals surface area contributed by atoms with Gasteiger partial charge in [-0.1, -0.05) is 36.4 Å². The number of para-hydroxylation sites is 2. The zero-order chi connectivity index (χ0) is 22.4. The van der Waals surface area contributed by atoms with Gasteiger partial charge in [-0.2, -0.15) is 0 Å². The van der Waals surface area contributed by atoms with Gasteiger partial charge in [0.1, 0.15) is 12.3 Å². The molecule has 0 spiro atoms. The van der Waals surface area contributed by atoms with Crippen molar-refractivity contribution in [3.05, 3.63) is 60.2 Å². The summed E-state index contributed by atoms with van der Waals surface area (Å²) >= 11 is 0. The van der Waals surface area contributed by atoms with Crippen molar-refractivity contribution in [3.63, 3.8) is 0 Å². The zero-order valence-corrected chi connectivity index (χ0v) is 17.6. The van der Waals surface area contributed by atoms with E-state index >= 15 is 0 Å². The first kappa shape index (κ1) is 21.8. The average molecular weight is 420 g/mol. The summed E-state index contributed by atoms with van der Waals surface area (Å²) in [5.74, 6) is -0.512. The van der Waals surface area contributed by atoms with E-state index in [1.54, 1.807) is 29.9 Å². The predicted molar refractivity (Wildman–Crippen MR) is 119 cm³/mol. The Labute approximate surface area is 179 Å². The van der Waals surface area contributed by atoms with E-state index in [-0.39, 0.29) is 24.2 Å². The molecule has 0 aliphatic rings. The second-order valence-electron chi connectivity index (χ2n) is 7.04. The summed E-state index contributed by atoms with van der Waals surface area (Å²) in [7, 11) is 1.55. The molecule has 0 aliphatic heterocycles. The number of amides is 2. The van der Waals surface area contributed by atoms with Gasteiger partial charge in [-0.05, 0) is 32.1 Å². The Morgan fingerprint density at radius 2 is 1.87 bits per heavy atom. The number of nitrogens with one attached hydrogen (secondary N) is 1. The highest BCUT2D eigenvalue weighted by Crippen LogP contribution is 2.40. The lowest BCUT2D eigenvalue weighted by molar-refractivity contribution is -0.122. The van der Waals surface area contributed by atoms with Crippen molar-refractivity contribution >= 4 is 34.5 Å². The van der Waals surface area contributed by atoms with Gasteiger partial charge in [0.2, 0.25) is 11.8 Å². The molecule has 1 heterocycles. The molecule has 0 fully saturated rings. The van der Waals surface area contributed by atoms with Gasteiger partial charge in [0, 0.05) is 23.1 Å². The van der Waals surface area contributed by atoms with Gasteiger partial charge in [-0.25, -0.2) is 0 Å². The van der Waals surface area contributed by atoms with Gasteiger partial charge < -0.3 is 19.7 Å². The third-order valence-electron chi connectivity index (χ3n) is 4.60. The van der Waals surface area contributed by atoms with Crippen molar-refractivity contribution in [2.45, 2.75) is 19.9 Å². The third-order valence-corrected chi connectivity index (χ3v) is 4.60. The minimum atomic E-state index is -0.639. The van der Waals surface area contributed by atoms with Crippen molar-refractivity contribution in [1.82, 2.24) is 9.88 Å². The van der Waals surface area contributed by atoms with Crippen LogP contribution >= 0.6 is 0 Å². The third kappa shape index (κ3) is 4.98. The number of nitrogens with zero attached hydrogens (tertiary/aromatic N) is 3. The molecule has 160 valence electrons. The fourth-order valence-electron chi connectivity index (χ4n) is 3.19. The van der Waals surface area contributed by atoms with E-state index in [2.05, 4.69) is 15.5 Å². The van der Waals surface area contributed by atoms with Crippen molar-refractivity contribution in [2.24, 2.45) is 10.2 Å². The van der Waals surface area contributed by atoms with Crippen molar-refractivity contribution in [3.8, 4) is 11.6 Å². The maximum Gasteiger partial charge on any atom is 0.283 e. The number of aromatic nitrogens is 1. The number of fused-ring (bicyclic) bond motifs is 1. The minimum Gasteiger partial charge on any atom is -0.496 e. The van der Waals surface area contributed by atoms with E-state index in [1.807, 2.05) is 50.2 Å². The van der Waals surface area contributed by atoms with Crippen LogP contribution in [0.5, 0.6) is 11.6 Å². The van der Waals surface area contributed by atoms with E-state index in [0.29, 0.717) is 11.1 Å². The number of methoxy groups -OCH3 is 1. The number of hydrogen-bond acceptors (Lipinski definition) is 5. The van der Waals surface area contributed by atoms with E-state index in [0.717, 1.165) is 11.1 Å². The van der Waals surface area contributed by atoms with Gasteiger partial charge in [0.15, 0.2) is 5.69 Å². The molecule has 0 atom stereocenters. The fraction of sp³-hybridized carbons (Fsp3) is 0.217. The molecule has 0 unspecified atom stereocenters. The lowest BCUT2D eigenvalue weighted by Crippen LogP contribution is -2.26. The molecule has 0 saturated carbocycles. The van der Waals surface area contributed by atoms with Crippen LogP contribution in [0.3, 0.4) is 0 Å². The number of carbonyl (C=O) groups excluding carboxylic acids is 2. The van der Waals surface area contributed by atoms with E-state index in [4.69, 9.17) is 4.74 Å². The molecular formula is C23H24N4O4. The number of aromatic hydroxyl groups is 1. The van der Waals surface area contributed by atoms with Gasteiger partial charge in [0.05, 0.1) is 12.6 Å². The molecule has 0 radical (unpaired) electrons. The van der Waals surface area contributed by atoms with Crippen LogP contribution in [0, 0.1) is 0 Å². The maximum absolute atomic E-state index is 12.1. The highest BCUT2D eigenvalue weighted by Gasteiger charge is 2.18. The first-order valence-electron chi connectivity index (χ1n) is 9.77. The summed E-state index contributed by atoms with van der Waals surface area (Å²) in [6.45, 7) is 3.56. The number of benzene rings is 2. The zero-order valence-electron chi connectivity index (χ0n) is 17.6. The van der Waals surface area contributed by atoms with Crippen LogP contribution in [0.15, 0.2) is 64.8 Å². The molecule has 31 heavy (non-hydrogen) atoms. The Hall–Kier alpha value is -3.94. The summed E-state index contributed by atoms with van der Waals surface area (Å²) in [6, 6.07) is 14.6. The predicted octanol–water partition coefficient (Wildman–Crippen LogP) is 4.38. The van der Waals surface area contributed by atoms with Gasteiger partial charge in [0.25, 0.3) is 5.91 Å². The van der Waals surface area contributed by atoms with E-state index in [1.165, 1.54) is 6.08 Å². The van der Waals surface area contributed by atoms with Gasteiger partial charge >= 0.3 is 0 Å². The largest absolute Gasteiger partial charge is 0.496 e. The molecule has 1 aromatic heterocycles. The number of azo groups is 1. The molecule has 2 aromatic carbocycles. The molecule has 2 amide bonds. The molecule has 2 N–H and O–H groups in total. The number of rotatable bonds is 7. The summed E-state index contributed by atoms with van der Waals surface area (Å²) < 4.78 is 6.94. The van der Waals surface area contributed by atoms with Crippen LogP contribution in [-0.2, 0) is 9.59 Å². The summed E-state index contributed by atoms with van der Waals surface area (Å²) in [4.78, 5) is 24.1. The molecule has 3 aromatic rings. The molecular weight excluding hydrogens is 396 g/mol. The molecule has 3 rings (SSSR count). The van der Waals surface area contributed by atoms with Crippen LogP contribution in [0.2, 0.25) is 0 Å². The first-order valence-corrected chi connectivity index (χ1v) is 9.77. The molecule has 8 nitrogen and oxygen atoms in total. The quantitative estimate of drug-likeness (QED) is 0.437. The Morgan fingerprint density at radius 3 is 2.61 bits per heavy atom. The van der Waals surface area contributed by atoms with Crippen LogP contribution in [0.4, 0.5) is 5.69 Å². The van der Waals surface area contributed by atoms with Gasteiger partial charge in [-0.15, -0.1) is 10.2 Å². The van der Waals surface area contributed by atoms with Crippen molar-refractivity contribution < 1.29 is 19.4 Å². The highest BCUT2D eigenvalue weighted by atomic mass is 16.5.